The standard InChI is InChI=1S/C18H21N3O3/c1-13(2)12-24-15-7-4-6-14(10-15)11-19-20-17(22)16-8-5-9-21(3)18(16)23/h4-11,13H,12H2,1-3H3,(H,20,22)/b19-11-. The maximum Gasteiger partial charge on any atom is 0.276 e. The number of rotatable bonds is 6. The lowest BCUT2D eigenvalue weighted by Gasteiger charge is -2.08. The van der Waals surface area contributed by atoms with Gasteiger partial charge in [-0.25, -0.2) is 5.43 Å². The van der Waals surface area contributed by atoms with E-state index < -0.39 is 5.91 Å². The van der Waals surface area contributed by atoms with E-state index in [9.17, 15) is 9.59 Å². The largest absolute Gasteiger partial charge is 0.493 e. The number of ether oxygens (including phenoxy) is 1. The highest BCUT2D eigenvalue weighted by molar-refractivity contribution is 5.94. The van der Waals surface area contributed by atoms with Gasteiger partial charge in [-0.05, 0) is 35.7 Å². The molecule has 0 spiro atoms. The van der Waals surface area contributed by atoms with Crippen molar-refractivity contribution in [3.05, 3.63) is 64.1 Å². The van der Waals surface area contributed by atoms with Gasteiger partial charge in [0.1, 0.15) is 11.3 Å². The summed E-state index contributed by atoms with van der Waals surface area (Å²) in [6.07, 6.45) is 3.10. The van der Waals surface area contributed by atoms with Crippen LogP contribution in [-0.4, -0.2) is 23.3 Å². The fourth-order valence-electron chi connectivity index (χ4n) is 1.94. The minimum absolute atomic E-state index is 0.0474. The Kier molecular flexibility index (Phi) is 5.89. The van der Waals surface area contributed by atoms with Crippen molar-refractivity contribution >= 4 is 12.1 Å². The van der Waals surface area contributed by atoms with Crippen LogP contribution < -0.4 is 15.7 Å². The van der Waals surface area contributed by atoms with Gasteiger partial charge in [-0.3, -0.25) is 9.59 Å². The number of aryl methyl sites for hydroxylation is 1. The highest BCUT2D eigenvalue weighted by atomic mass is 16.5. The van der Waals surface area contributed by atoms with Crippen molar-refractivity contribution in [2.45, 2.75) is 13.8 Å². The van der Waals surface area contributed by atoms with Gasteiger partial charge in [0.15, 0.2) is 0 Å². The minimum atomic E-state index is -0.542. The number of nitrogens with one attached hydrogen (secondary N) is 1. The Morgan fingerprint density at radius 2 is 2.12 bits per heavy atom. The Balaban J connectivity index is 2.01. The Morgan fingerprint density at radius 1 is 1.33 bits per heavy atom. The molecule has 0 fully saturated rings. The lowest BCUT2D eigenvalue weighted by atomic mass is 10.2. The van der Waals surface area contributed by atoms with Crippen molar-refractivity contribution in [3.63, 3.8) is 0 Å². The molecule has 0 unspecified atom stereocenters. The molecule has 126 valence electrons. The van der Waals surface area contributed by atoms with E-state index in [4.69, 9.17) is 4.74 Å². The van der Waals surface area contributed by atoms with E-state index in [2.05, 4.69) is 24.4 Å². The second-order valence-corrected chi connectivity index (χ2v) is 5.81. The third kappa shape index (κ3) is 4.81. The first-order valence-corrected chi connectivity index (χ1v) is 7.69. The molecule has 0 bridgehead atoms. The zero-order valence-electron chi connectivity index (χ0n) is 14.0. The van der Waals surface area contributed by atoms with Crippen LogP contribution in [0.15, 0.2) is 52.5 Å². The molecule has 2 rings (SSSR count). The first kappa shape index (κ1) is 17.5. The summed E-state index contributed by atoms with van der Waals surface area (Å²) in [6.45, 7) is 4.79. The number of benzene rings is 1. The molecule has 6 heteroatoms. The van der Waals surface area contributed by atoms with Crippen molar-refractivity contribution in [1.82, 2.24) is 9.99 Å². The number of amides is 1. The van der Waals surface area contributed by atoms with Crippen molar-refractivity contribution in [3.8, 4) is 5.75 Å². The molecule has 1 N–H and O–H groups in total. The van der Waals surface area contributed by atoms with Crippen LogP contribution in [0.1, 0.15) is 29.8 Å². The molecule has 0 atom stereocenters. The van der Waals surface area contributed by atoms with Crippen molar-refractivity contribution < 1.29 is 9.53 Å². The first-order valence-electron chi connectivity index (χ1n) is 7.69. The number of hydrazone groups is 1. The van der Waals surface area contributed by atoms with Gasteiger partial charge in [0.05, 0.1) is 12.8 Å². The zero-order valence-corrected chi connectivity index (χ0v) is 14.0. The predicted molar refractivity (Wildman–Crippen MR) is 93.5 cm³/mol. The second kappa shape index (κ2) is 8.10. The monoisotopic (exact) mass is 327 g/mol. The van der Waals surface area contributed by atoms with Gasteiger partial charge in [0.2, 0.25) is 0 Å². The molecule has 0 radical (unpaired) electrons. The van der Waals surface area contributed by atoms with Gasteiger partial charge >= 0.3 is 0 Å². The number of hydrogen-bond donors (Lipinski definition) is 1. The number of carbonyl (C=O) groups excluding carboxylic acids is 1. The topological polar surface area (TPSA) is 72.7 Å². The first-order chi connectivity index (χ1) is 11.5. The molecule has 24 heavy (non-hydrogen) atoms. The third-order valence-corrected chi connectivity index (χ3v) is 3.19. The average molecular weight is 327 g/mol. The molecule has 1 amide bonds. The lowest BCUT2D eigenvalue weighted by Crippen LogP contribution is -2.29. The van der Waals surface area contributed by atoms with Crippen molar-refractivity contribution in [2.24, 2.45) is 18.1 Å². The van der Waals surface area contributed by atoms with Gasteiger partial charge in [0, 0.05) is 13.2 Å². The molecular weight excluding hydrogens is 306 g/mol. The summed E-state index contributed by atoms with van der Waals surface area (Å²) < 4.78 is 6.98. The van der Waals surface area contributed by atoms with Crippen LogP contribution in [-0.2, 0) is 7.05 Å². The third-order valence-electron chi connectivity index (χ3n) is 3.19. The van der Waals surface area contributed by atoms with Gasteiger partial charge in [0.25, 0.3) is 11.5 Å². The molecular formula is C18H21N3O3. The van der Waals surface area contributed by atoms with E-state index in [0.29, 0.717) is 12.5 Å². The highest BCUT2D eigenvalue weighted by Gasteiger charge is 2.09. The van der Waals surface area contributed by atoms with Gasteiger partial charge < -0.3 is 9.30 Å². The van der Waals surface area contributed by atoms with Crippen LogP contribution in [0.3, 0.4) is 0 Å². The van der Waals surface area contributed by atoms with Crippen LogP contribution in [0.4, 0.5) is 0 Å². The molecule has 1 heterocycles. The summed E-state index contributed by atoms with van der Waals surface area (Å²) in [7, 11) is 1.59. The van der Waals surface area contributed by atoms with Crippen LogP contribution in [0.5, 0.6) is 5.75 Å². The summed E-state index contributed by atoms with van der Waals surface area (Å²) in [4.78, 5) is 23.8. The van der Waals surface area contributed by atoms with Gasteiger partial charge in [-0.15, -0.1) is 0 Å². The van der Waals surface area contributed by atoms with Crippen LogP contribution in [0.2, 0.25) is 0 Å². The predicted octanol–water partition coefficient (Wildman–Crippen LogP) is 2.18. The molecule has 0 saturated heterocycles. The summed E-state index contributed by atoms with van der Waals surface area (Å²) >= 11 is 0. The summed E-state index contributed by atoms with van der Waals surface area (Å²) in [5.41, 5.74) is 2.83. The fraction of sp³-hybridized carbons (Fsp3) is 0.278. The quantitative estimate of drug-likeness (QED) is 0.653. The minimum Gasteiger partial charge on any atom is -0.493 e. The molecule has 0 aliphatic rings. The average Bonchev–Trinajstić information content (AvgIpc) is 2.56. The second-order valence-electron chi connectivity index (χ2n) is 5.81. The Bertz CT molecular complexity index is 794. The smallest absolute Gasteiger partial charge is 0.276 e. The van der Waals surface area contributed by atoms with Crippen LogP contribution in [0, 0.1) is 5.92 Å². The normalized spacial score (nSPS) is 11.0. The molecule has 2 aromatic rings. The van der Waals surface area contributed by atoms with E-state index in [1.165, 1.54) is 16.8 Å². The highest BCUT2D eigenvalue weighted by Crippen LogP contribution is 2.13. The number of pyridine rings is 1. The van der Waals surface area contributed by atoms with E-state index in [-0.39, 0.29) is 11.1 Å². The number of hydrogen-bond acceptors (Lipinski definition) is 4. The molecule has 1 aromatic heterocycles. The van der Waals surface area contributed by atoms with Crippen LogP contribution >= 0.6 is 0 Å². The summed E-state index contributed by atoms with van der Waals surface area (Å²) in [5, 5.41) is 3.90. The van der Waals surface area contributed by atoms with Gasteiger partial charge in [-0.2, -0.15) is 5.10 Å². The Morgan fingerprint density at radius 3 is 2.88 bits per heavy atom. The molecule has 1 aromatic carbocycles. The fourth-order valence-corrected chi connectivity index (χ4v) is 1.94. The van der Waals surface area contributed by atoms with Crippen molar-refractivity contribution in [1.29, 1.82) is 0 Å². The Hall–Kier alpha value is -2.89. The number of carbonyl (C=O) groups is 1. The van der Waals surface area contributed by atoms with Crippen LogP contribution in [0.25, 0.3) is 0 Å². The number of nitrogens with zero attached hydrogens (tertiary/aromatic N) is 2. The van der Waals surface area contributed by atoms with Gasteiger partial charge in [-0.1, -0.05) is 26.0 Å². The van der Waals surface area contributed by atoms with E-state index in [1.54, 1.807) is 19.3 Å². The lowest BCUT2D eigenvalue weighted by molar-refractivity contribution is 0.0953. The molecule has 0 aliphatic carbocycles. The molecule has 6 nitrogen and oxygen atoms in total. The maximum absolute atomic E-state index is 12.0. The maximum atomic E-state index is 12.0. The number of aromatic nitrogens is 1. The molecule has 0 saturated carbocycles. The zero-order chi connectivity index (χ0) is 17.5. The SMILES string of the molecule is CC(C)COc1cccc(/C=N\NC(=O)c2cccn(C)c2=O)c1. The summed E-state index contributed by atoms with van der Waals surface area (Å²) in [6, 6.07) is 10.5. The summed E-state index contributed by atoms with van der Waals surface area (Å²) in [5.74, 6) is 0.644. The van der Waals surface area contributed by atoms with E-state index in [1.807, 2.05) is 24.3 Å². The molecule has 0 aliphatic heterocycles. The Labute approximate surface area is 140 Å². The van der Waals surface area contributed by atoms with E-state index >= 15 is 0 Å². The van der Waals surface area contributed by atoms with Crippen molar-refractivity contribution in [2.75, 3.05) is 6.61 Å². The van der Waals surface area contributed by atoms with E-state index in [0.717, 1.165) is 11.3 Å².